The summed E-state index contributed by atoms with van der Waals surface area (Å²) in [5, 5.41) is 0. The van der Waals surface area contributed by atoms with Gasteiger partial charge in [0.1, 0.15) is 18.5 Å². The van der Waals surface area contributed by atoms with Gasteiger partial charge in [-0.1, -0.05) is 18.2 Å². The van der Waals surface area contributed by atoms with E-state index >= 15 is 0 Å². The fraction of sp³-hybridized carbons (Fsp3) is 0.444. The maximum Gasteiger partial charge on any atom is 0.278 e. The molecule has 128 valence electrons. The predicted octanol–water partition coefficient (Wildman–Crippen LogP) is 2.41. The summed E-state index contributed by atoms with van der Waals surface area (Å²) in [4.78, 5) is 10.7. The molecular formula is C18H23N3O3. The fourth-order valence-electron chi connectivity index (χ4n) is 2.75. The topological polar surface area (TPSA) is 56.7 Å². The van der Waals surface area contributed by atoms with Crippen LogP contribution in [0.2, 0.25) is 0 Å². The zero-order valence-corrected chi connectivity index (χ0v) is 13.9. The maximum absolute atomic E-state index is 5.94. The molecule has 0 aliphatic carbocycles. The minimum absolute atomic E-state index is 0.155. The van der Waals surface area contributed by atoms with Gasteiger partial charge in [0.25, 0.3) is 11.8 Å². The van der Waals surface area contributed by atoms with E-state index in [0.29, 0.717) is 18.4 Å². The van der Waals surface area contributed by atoms with Gasteiger partial charge in [0.2, 0.25) is 0 Å². The summed E-state index contributed by atoms with van der Waals surface area (Å²) in [7, 11) is 1.58. The zero-order valence-electron chi connectivity index (χ0n) is 13.9. The summed E-state index contributed by atoms with van der Waals surface area (Å²) < 4.78 is 16.9. The molecule has 24 heavy (non-hydrogen) atoms. The molecule has 0 bridgehead atoms. The van der Waals surface area contributed by atoms with Crippen molar-refractivity contribution in [3.8, 4) is 17.5 Å². The monoisotopic (exact) mass is 329 g/mol. The van der Waals surface area contributed by atoms with Crippen LogP contribution >= 0.6 is 0 Å². The van der Waals surface area contributed by atoms with Crippen molar-refractivity contribution in [2.24, 2.45) is 0 Å². The molecule has 1 fully saturated rings. The van der Waals surface area contributed by atoms with E-state index in [2.05, 4.69) is 14.9 Å². The molecule has 0 spiro atoms. The number of aromatic nitrogens is 2. The molecule has 1 saturated heterocycles. The Morgan fingerprint density at radius 1 is 1.04 bits per heavy atom. The van der Waals surface area contributed by atoms with Gasteiger partial charge in [0, 0.05) is 32.0 Å². The average Bonchev–Trinajstić information content (AvgIpc) is 2.64. The molecule has 1 aliphatic heterocycles. The van der Waals surface area contributed by atoms with Crippen LogP contribution < -0.4 is 14.2 Å². The Morgan fingerprint density at radius 3 is 2.46 bits per heavy atom. The van der Waals surface area contributed by atoms with Crippen molar-refractivity contribution in [1.29, 1.82) is 0 Å². The molecule has 1 aromatic heterocycles. The van der Waals surface area contributed by atoms with Gasteiger partial charge in [0.05, 0.1) is 7.11 Å². The van der Waals surface area contributed by atoms with Crippen LogP contribution in [0.25, 0.3) is 0 Å². The van der Waals surface area contributed by atoms with Gasteiger partial charge in [-0.3, -0.25) is 4.90 Å². The third-order valence-electron chi connectivity index (χ3n) is 4.06. The van der Waals surface area contributed by atoms with Gasteiger partial charge in [-0.05, 0) is 25.0 Å². The molecule has 0 saturated carbocycles. The van der Waals surface area contributed by atoms with Crippen LogP contribution in [0.15, 0.2) is 42.7 Å². The van der Waals surface area contributed by atoms with Gasteiger partial charge in [-0.25, -0.2) is 9.97 Å². The summed E-state index contributed by atoms with van der Waals surface area (Å²) >= 11 is 0. The highest BCUT2D eigenvalue weighted by molar-refractivity contribution is 5.24. The third kappa shape index (κ3) is 4.58. The Labute approximate surface area is 142 Å². The first-order valence-electron chi connectivity index (χ1n) is 8.27. The highest BCUT2D eigenvalue weighted by Gasteiger charge is 2.22. The molecule has 1 aliphatic rings. The van der Waals surface area contributed by atoms with E-state index in [9.17, 15) is 0 Å². The molecule has 0 atom stereocenters. The smallest absolute Gasteiger partial charge is 0.278 e. The van der Waals surface area contributed by atoms with Crippen LogP contribution in [0.4, 0.5) is 0 Å². The molecule has 1 aromatic carbocycles. The number of rotatable bonds is 7. The lowest BCUT2D eigenvalue weighted by Crippen LogP contribution is -2.40. The van der Waals surface area contributed by atoms with Crippen LogP contribution in [0.5, 0.6) is 17.5 Å². The summed E-state index contributed by atoms with van der Waals surface area (Å²) in [6.07, 6.45) is 5.30. The third-order valence-corrected chi connectivity index (χ3v) is 4.06. The lowest BCUT2D eigenvalue weighted by Gasteiger charge is -2.31. The molecule has 0 radical (unpaired) electrons. The van der Waals surface area contributed by atoms with Crippen molar-refractivity contribution < 1.29 is 14.2 Å². The Bertz CT molecular complexity index is 616. The number of likely N-dealkylation sites (tertiary alicyclic amines) is 1. The summed E-state index contributed by atoms with van der Waals surface area (Å²) in [5.41, 5.74) is 0. The SMILES string of the molecule is COc1nccnc1OC1CCN(CCOc2ccccc2)CC1. The van der Waals surface area contributed by atoms with Gasteiger partial charge in [-0.2, -0.15) is 0 Å². The first kappa shape index (κ1) is 16.5. The van der Waals surface area contributed by atoms with Gasteiger partial charge < -0.3 is 14.2 Å². The number of ether oxygens (including phenoxy) is 3. The van der Waals surface area contributed by atoms with Crippen molar-refractivity contribution >= 4 is 0 Å². The predicted molar refractivity (Wildman–Crippen MR) is 90.6 cm³/mol. The highest BCUT2D eigenvalue weighted by atomic mass is 16.5. The van der Waals surface area contributed by atoms with E-state index < -0.39 is 0 Å². The average molecular weight is 329 g/mol. The number of hydrogen-bond donors (Lipinski definition) is 0. The summed E-state index contributed by atoms with van der Waals surface area (Å²) in [6.45, 7) is 3.61. The fourth-order valence-corrected chi connectivity index (χ4v) is 2.75. The largest absolute Gasteiger partial charge is 0.492 e. The number of nitrogens with zero attached hydrogens (tertiary/aromatic N) is 3. The van der Waals surface area contributed by atoms with Gasteiger partial charge in [-0.15, -0.1) is 0 Å². The number of piperidine rings is 1. The molecule has 0 unspecified atom stereocenters. The van der Waals surface area contributed by atoms with Crippen LogP contribution in [0, 0.1) is 0 Å². The van der Waals surface area contributed by atoms with Crippen molar-refractivity contribution in [3.63, 3.8) is 0 Å². The normalized spacial score (nSPS) is 15.9. The minimum Gasteiger partial charge on any atom is -0.492 e. The Morgan fingerprint density at radius 2 is 1.75 bits per heavy atom. The number of hydrogen-bond acceptors (Lipinski definition) is 6. The lowest BCUT2D eigenvalue weighted by molar-refractivity contribution is 0.0853. The Hall–Kier alpha value is -2.34. The summed E-state index contributed by atoms with van der Waals surface area (Å²) in [6, 6.07) is 9.92. The first-order chi connectivity index (χ1) is 11.8. The molecule has 2 aromatic rings. The Balaban J connectivity index is 1.39. The van der Waals surface area contributed by atoms with Crippen LogP contribution in [-0.4, -0.2) is 54.3 Å². The number of para-hydroxylation sites is 1. The van der Waals surface area contributed by atoms with Crippen LogP contribution in [0.3, 0.4) is 0 Å². The highest BCUT2D eigenvalue weighted by Crippen LogP contribution is 2.24. The standard InChI is InChI=1S/C18H23N3O3/c1-22-17-18(20-10-9-19-17)24-16-7-11-21(12-8-16)13-14-23-15-5-3-2-4-6-15/h2-6,9-10,16H,7-8,11-14H2,1H3. The second kappa shape index (κ2) is 8.49. The molecule has 3 rings (SSSR count). The Kier molecular flexibility index (Phi) is 5.85. The lowest BCUT2D eigenvalue weighted by atomic mass is 10.1. The van der Waals surface area contributed by atoms with Crippen molar-refractivity contribution in [1.82, 2.24) is 14.9 Å². The minimum atomic E-state index is 0.155. The van der Waals surface area contributed by atoms with E-state index in [4.69, 9.17) is 14.2 Å². The number of benzene rings is 1. The van der Waals surface area contributed by atoms with Crippen LogP contribution in [0.1, 0.15) is 12.8 Å². The summed E-state index contributed by atoms with van der Waals surface area (Å²) in [5.74, 6) is 1.84. The van der Waals surface area contributed by atoms with Gasteiger partial charge >= 0.3 is 0 Å². The molecule has 0 amide bonds. The van der Waals surface area contributed by atoms with E-state index in [-0.39, 0.29) is 6.10 Å². The number of methoxy groups -OCH3 is 1. The van der Waals surface area contributed by atoms with Crippen molar-refractivity contribution in [2.75, 3.05) is 33.4 Å². The van der Waals surface area contributed by atoms with E-state index in [1.54, 1.807) is 19.5 Å². The second-order valence-corrected chi connectivity index (χ2v) is 5.69. The first-order valence-corrected chi connectivity index (χ1v) is 8.27. The quantitative estimate of drug-likeness (QED) is 0.777. The van der Waals surface area contributed by atoms with E-state index in [1.165, 1.54) is 0 Å². The van der Waals surface area contributed by atoms with E-state index in [1.807, 2.05) is 30.3 Å². The molecule has 6 heteroatoms. The van der Waals surface area contributed by atoms with Crippen molar-refractivity contribution in [2.45, 2.75) is 18.9 Å². The molecule has 2 heterocycles. The zero-order chi connectivity index (χ0) is 16.6. The molecule has 0 N–H and O–H groups in total. The van der Waals surface area contributed by atoms with Gasteiger partial charge in [0.15, 0.2) is 0 Å². The maximum atomic E-state index is 5.94. The second-order valence-electron chi connectivity index (χ2n) is 5.69. The molecular weight excluding hydrogens is 306 g/mol. The van der Waals surface area contributed by atoms with E-state index in [0.717, 1.165) is 38.2 Å². The van der Waals surface area contributed by atoms with Crippen molar-refractivity contribution in [3.05, 3.63) is 42.7 Å². The molecule has 6 nitrogen and oxygen atoms in total. The van der Waals surface area contributed by atoms with Crippen LogP contribution in [-0.2, 0) is 0 Å².